The van der Waals surface area contributed by atoms with Crippen LogP contribution in [0.2, 0.25) is 0 Å². The second-order valence-electron chi connectivity index (χ2n) is 9.21. The van der Waals surface area contributed by atoms with E-state index in [1.807, 2.05) is 26.2 Å². The van der Waals surface area contributed by atoms with E-state index in [0.717, 1.165) is 55.5 Å². The maximum atomic E-state index is 12.9. The molecule has 3 heterocycles. The van der Waals surface area contributed by atoms with E-state index in [-0.39, 0.29) is 14.0 Å². The van der Waals surface area contributed by atoms with E-state index in [4.69, 9.17) is 4.74 Å². The smallest absolute Gasteiger partial charge is 0.278 e. The second kappa shape index (κ2) is 9.92. The molecule has 0 saturated carbocycles. The highest BCUT2D eigenvalue weighted by Crippen LogP contribution is 2.39. The Morgan fingerprint density at radius 1 is 1.17 bits per heavy atom. The minimum atomic E-state index is -3.67. The van der Waals surface area contributed by atoms with Gasteiger partial charge in [0, 0.05) is 40.3 Å². The van der Waals surface area contributed by atoms with Crippen LogP contribution in [0.15, 0.2) is 35.6 Å². The van der Waals surface area contributed by atoms with Crippen molar-refractivity contribution in [3.8, 4) is 17.0 Å². The number of nitrogens with zero attached hydrogens (tertiary/aromatic N) is 5. The Hall–Kier alpha value is -3.02. The number of hydrogen-bond donors (Lipinski definition) is 2. The zero-order chi connectivity index (χ0) is 24.4. The number of rotatable bonds is 9. The molecule has 11 heteroatoms. The summed E-state index contributed by atoms with van der Waals surface area (Å²) in [5.74, 6) is 0.800. The fraction of sp³-hybridized carbons (Fsp3) is 0.458. The van der Waals surface area contributed by atoms with Crippen molar-refractivity contribution in [1.29, 1.82) is 0 Å². The van der Waals surface area contributed by atoms with Crippen LogP contribution in [0.1, 0.15) is 33.2 Å². The first-order chi connectivity index (χ1) is 16.9. The Labute approximate surface area is 208 Å². The van der Waals surface area contributed by atoms with E-state index in [0.29, 0.717) is 25.6 Å². The van der Waals surface area contributed by atoms with E-state index >= 15 is 0 Å². The van der Waals surface area contributed by atoms with Crippen molar-refractivity contribution in [2.45, 2.75) is 37.3 Å². The lowest BCUT2D eigenvalue weighted by molar-refractivity contribution is 0.254. The highest BCUT2D eigenvalue weighted by molar-refractivity contribution is 7.89. The SMILES string of the molecule is CN(C)CCOc1cc(-c2ccc3c(c2Nc2n[nH]c(S(=O)(=O)N4CCCC4)n2)CCC3)ccn1.[HH].[HH]. The van der Waals surface area contributed by atoms with Crippen LogP contribution in [-0.2, 0) is 22.9 Å². The summed E-state index contributed by atoms with van der Waals surface area (Å²) in [6.07, 6.45) is 6.50. The lowest BCUT2D eigenvalue weighted by atomic mass is 9.98. The Bertz CT molecular complexity index is 1310. The molecule has 2 aliphatic rings. The predicted octanol–water partition coefficient (Wildman–Crippen LogP) is 3.32. The Morgan fingerprint density at radius 3 is 2.80 bits per heavy atom. The van der Waals surface area contributed by atoms with Crippen LogP contribution >= 0.6 is 0 Å². The van der Waals surface area contributed by atoms with Gasteiger partial charge in [-0.1, -0.05) is 12.1 Å². The van der Waals surface area contributed by atoms with Gasteiger partial charge in [-0.25, -0.2) is 18.5 Å². The molecule has 1 aliphatic heterocycles. The first-order valence-corrected chi connectivity index (χ1v) is 13.4. The van der Waals surface area contributed by atoms with Crippen LogP contribution in [0.25, 0.3) is 11.1 Å². The third kappa shape index (κ3) is 5.02. The molecule has 190 valence electrons. The normalized spacial score (nSPS) is 16.1. The summed E-state index contributed by atoms with van der Waals surface area (Å²) in [6, 6.07) is 8.12. The molecule has 0 atom stereocenters. The van der Waals surface area contributed by atoms with Crippen LogP contribution < -0.4 is 10.1 Å². The molecule has 2 aromatic heterocycles. The fourth-order valence-corrected chi connectivity index (χ4v) is 5.97. The van der Waals surface area contributed by atoms with Gasteiger partial charge < -0.3 is 15.0 Å². The van der Waals surface area contributed by atoms with Crippen molar-refractivity contribution < 1.29 is 16.0 Å². The van der Waals surface area contributed by atoms with Gasteiger partial charge >= 0.3 is 0 Å². The molecule has 1 saturated heterocycles. The first-order valence-electron chi connectivity index (χ1n) is 12.0. The van der Waals surface area contributed by atoms with Gasteiger partial charge in [-0.05, 0) is 69.0 Å². The van der Waals surface area contributed by atoms with Gasteiger partial charge in [-0.15, -0.1) is 5.10 Å². The number of ether oxygens (including phenoxy) is 1. The molecular formula is C24H35N7O3S. The summed E-state index contributed by atoms with van der Waals surface area (Å²) < 4.78 is 33.1. The zero-order valence-corrected chi connectivity index (χ0v) is 20.9. The van der Waals surface area contributed by atoms with Crippen molar-refractivity contribution in [2.24, 2.45) is 0 Å². The molecule has 0 unspecified atom stereocenters. The molecule has 3 aromatic rings. The van der Waals surface area contributed by atoms with Gasteiger partial charge in [0.1, 0.15) is 6.61 Å². The van der Waals surface area contributed by atoms with Crippen LogP contribution in [0.3, 0.4) is 0 Å². The van der Waals surface area contributed by atoms with Crippen molar-refractivity contribution in [3.05, 3.63) is 41.6 Å². The number of likely N-dealkylation sites (N-methyl/N-ethyl adjacent to an activating group) is 1. The van der Waals surface area contributed by atoms with E-state index in [9.17, 15) is 8.42 Å². The summed E-state index contributed by atoms with van der Waals surface area (Å²) in [4.78, 5) is 10.7. The highest BCUT2D eigenvalue weighted by Gasteiger charge is 2.30. The zero-order valence-electron chi connectivity index (χ0n) is 20.1. The van der Waals surface area contributed by atoms with Gasteiger partial charge in [0.2, 0.25) is 11.8 Å². The number of sulfonamides is 1. The molecule has 0 radical (unpaired) electrons. The van der Waals surface area contributed by atoms with E-state index < -0.39 is 10.0 Å². The number of anilines is 2. The standard InChI is InChI=1S/C24H31N7O3S.2H2/c1-30(2)14-15-34-21-16-18(10-11-25-21)20-9-8-17-6-5-7-19(17)22(20)26-23-27-24(29-28-23)35(32,33)31-12-3-4-13-31;;/h8-11,16H,3-7,12-15H2,1-2H3,(H2,26,27,28,29);2*1H. The Kier molecular flexibility index (Phi) is 6.72. The maximum Gasteiger partial charge on any atom is 0.278 e. The molecule has 0 amide bonds. The van der Waals surface area contributed by atoms with Crippen LogP contribution in [0.5, 0.6) is 5.88 Å². The summed E-state index contributed by atoms with van der Waals surface area (Å²) in [7, 11) is 0.332. The number of aromatic amines is 1. The Morgan fingerprint density at radius 2 is 2.00 bits per heavy atom. The largest absolute Gasteiger partial charge is 0.476 e. The van der Waals surface area contributed by atoms with Crippen molar-refractivity contribution >= 4 is 21.7 Å². The second-order valence-corrected chi connectivity index (χ2v) is 11.1. The molecule has 0 spiro atoms. The Balaban J connectivity index is 0.00000190. The molecule has 2 N–H and O–H groups in total. The van der Waals surface area contributed by atoms with Gasteiger partial charge in [0.25, 0.3) is 15.2 Å². The number of fused-ring (bicyclic) bond motifs is 1. The lowest BCUT2D eigenvalue weighted by Crippen LogP contribution is -2.28. The van der Waals surface area contributed by atoms with Gasteiger partial charge in [-0.3, -0.25) is 0 Å². The number of aryl methyl sites for hydroxylation is 1. The first kappa shape index (κ1) is 23.7. The summed E-state index contributed by atoms with van der Waals surface area (Å²) in [5.41, 5.74) is 5.32. The van der Waals surface area contributed by atoms with Gasteiger partial charge in [0.05, 0.1) is 5.69 Å². The molecular weight excluding hydrogens is 466 g/mol. The molecule has 1 aromatic carbocycles. The predicted molar refractivity (Wildman–Crippen MR) is 138 cm³/mol. The maximum absolute atomic E-state index is 12.9. The number of aromatic nitrogens is 4. The highest BCUT2D eigenvalue weighted by atomic mass is 32.2. The topological polar surface area (TPSA) is 116 Å². The monoisotopic (exact) mass is 501 g/mol. The number of hydrogen-bond acceptors (Lipinski definition) is 8. The van der Waals surface area contributed by atoms with Crippen molar-refractivity contribution in [2.75, 3.05) is 45.7 Å². The van der Waals surface area contributed by atoms with Crippen LogP contribution in [0, 0.1) is 0 Å². The third-order valence-electron chi connectivity index (χ3n) is 6.47. The summed E-state index contributed by atoms with van der Waals surface area (Å²) in [5, 5.41) is 10.0. The van der Waals surface area contributed by atoms with E-state index in [2.05, 4.69) is 42.5 Å². The minimum absolute atomic E-state index is 0. The third-order valence-corrected chi connectivity index (χ3v) is 8.18. The number of nitrogens with one attached hydrogen (secondary N) is 2. The number of pyridine rings is 1. The quantitative estimate of drug-likeness (QED) is 0.459. The van der Waals surface area contributed by atoms with Gasteiger partial charge in [0.15, 0.2) is 0 Å². The summed E-state index contributed by atoms with van der Waals surface area (Å²) >= 11 is 0. The van der Waals surface area contributed by atoms with E-state index in [1.165, 1.54) is 15.4 Å². The average molecular weight is 502 g/mol. The van der Waals surface area contributed by atoms with E-state index in [1.54, 1.807) is 6.20 Å². The molecule has 1 fully saturated rings. The number of H-pyrrole nitrogens is 1. The molecule has 35 heavy (non-hydrogen) atoms. The fourth-order valence-electron chi connectivity index (χ4n) is 4.62. The average Bonchev–Trinajstić information content (AvgIpc) is 3.61. The molecule has 5 rings (SSSR count). The van der Waals surface area contributed by atoms with Crippen LogP contribution in [-0.4, -0.2) is 78.1 Å². The molecule has 0 bridgehead atoms. The molecule has 1 aliphatic carbocycles. The van der Waals surface area contributed by atoms with Crippen LogP contribution in [0.4, 0.5) is 11.6 Å². The molecule has 10 nitrogen and oxygen atoms in total. The number of benzene rings is 1. The van der Waals surface area contributed by atoms with Gasteiger partial charge in [-0.2, -0.15) is 9.29 Å². The lowest BCUT2D eigenvalue weighted by Gasteiger charge is -2.16. The van der Waals surface area contributed by atoms with Crippen molar-refractivity contribution in [1.82, 2.24) is 29.4 Å². The van der Waals surface area contributed by atoms with Crippen molar-refractivity contribution in [3.63, 3.8) is 0 Å². The minimum Gasteiger partial charge on any atom is -0.476 e. The summed E-state index contributed by atoms with van der Waals surface area (Å²) in [6.45, 7) is 2.38.